The highest BCUT2D eigenvalue weighted by Crippen LogP contribution is 2.36. The molecule has 1 N–H and O–H groups in total. The first kappa shape index (κ1) is 11.4. The van der Waals surface area contributed by atoms with Gasteiger partial charge in [-0.15, -0.1) is 0 Å². The molecule has 0 amide bonds. The van der Waals surface area contributed by atoms with Crippen molar-refractivity contribution in [1.29, 1.82) is 0 Å². The summed E-state index contributed by atoms with van der Waals surface area (Å²) in [5.41, 5.74) is 2.08. The number of para-hydroxylation sites is 1. The molecule has 0 aliphatic heterocycles. The van der Waals surface area contributed by atoms with Gasteiger partial charge in [-0.05, 0) is 17.5 Å². The monoisotopic (exact) mass is 329 g/mol. The SMILES string of the molecule is CC(C)c1cccc(-c2nc[nH]n2)c1OI. The van der Waals surface area contributed by atoms with Crippen LogP contribution >= 0.6 is 23.0 Å². The third-order valence-electron chi connectivity index (χ3n) is 2.40. The van der Waals surface area contributed by atoms with Crippen LogP contribution in [0.25, 0.3) is 11.4 Å². The van der Waals surface area contributed by atoms with Gasteiger partial charge in [0.2, 0.25) is 0 Å². The van der Waals surface area contributed by atoms with E-state index in [9.17, 15) is 0 Å². The molecule has 0 bridgehead atoms. The van der Waals surface area contributed by atoms with Gasteiger partial charge in [-0.25, -0.2) is 4.98 Å². The molecule has 1 aromatic heterocycles. The normalized spacial score (nSPS) is 10.8. The minimum absolute atomic E-state index is 0.406. The Balaban J connectivity index is 2.58. The first-order chi connectivity index (χ1) is 7.74. The number of benzene rings is 1. The Morgan fingerprint density at radius 3 is 2.75 bits per heavy atom. The molecular weight excluding hydrogens is 317 g/mol. The molecule has 0 spiro atoms. The minimum atomic E-state index is 0.406. The maximum absolute atomic E-state index is 5.44. The summed E-state index contributed by atoms with van der Waals surface area (Å²) < 4.78 is 5.44. The quantitative estimate of drug-likeness (QED) is 0.879. The van der Waals surface area contributed by atoms with Gasteiger partial charge in [0.15, 0.2) is 28.8 Å². The lowest BCUT2D eigenvalue weighted by Gasteiger charge is -2.12. The highest BCUT2D eigenvalue weighted by atomic mass is 127. The predicted octanol–water partition coefficient (Wildman–Crippen LogP) is 3.32. The number of nitrogens with one attached hydrogen (secondary N) is 1. The zero-order valence-corrected chi connectivity index (χ0v) is 11.2. The fourth-order valence-electron chi connectivity index (χ4n) is 1.61. The Morgan fingerprint density at radius 1 is 1.38 bits per heavy atom. The van der Waals surface area contributed by atoms with E-state index in [4.69, 9.17) is 3.07 Å². The van der Waals surface area contributed by atoms with E-state index in [2.05, 4.69) is 35.1 Å². The molecule has 84 valence electrons. The number of hydrogen-bond donors (Lipinski definition) is 1. The van der Waals surface area contributed by atoms with Gasteiger partial charge >= 0.3 is 0 Å². The average Bonchev–Trinajstić information content (AvgIpc) is 2.81. The summed E-state index contributed by atoms with van der Waals surface area (Å²) >= 11 is 1.90. The fraction of sp³-hybridized carbons (Fsp3) is 0.273. The molecule has 16 heavy (non-hydrogen) atoms. The van der Waals surface area contributed by atoms with E-state index in [1.54, 1.807) is 6.33 Å². The molecule has 2 rings (SSSR count). The van der Waals surface area contributed by atoms with Crippen molar-refractivity contribution >= 4 is 23.0 Å². The van der Waals surface area contributed by atoms with Crippen molar-refractivity contribution in [2.75, 3.05) is 0 Å². The summed E-state index contributed by atoms with van der Waals surface area (Å²) in [7, 11) is 0. The summed E-state index contributed by atoms with van der Waals surface area (Å²) in [5, 5.41) is 6.79. The van der Waals surface area contributed by atoms with E-state index in [1.165, 1.54) is 0 Å². The molecule has 0 fully saturated rings. The summed E-state index contributed by atoms with van der Waals surface area (Å²) in [4.78, 5) is 4.15. The van der Waals surface area contributed by atoms with E-state index >= 15 is 0 Å². The largest absolute Gasteiger partial charge is 0.427 e. The molecule has 0 saturated heterocycles. The molecule has 0 unspecified atom stereocenters. The second-order valence-corrected chi connectivity index (χ2v) is 4.22. The first-order valence-corrected chi connectivity index (χ1v) is 5.89. The number of H-pyrrole nitrogens is 1. The van der Waals surface area contributed by atoms with Gasteiger partial charge in [0.05, 0.1) is 5.56 Å². The summed E-state index contributed by atoms with van der Waals surface area (Å²) in [6, 6.07) is 6.03. The molecule has 1 heterocycles. The van der Waals surface area contributed by atoms with Crippen LogP contribution in [0.5, 0.6) is 5.75 Å². The first-order valence-electron chi connectivity index (χ1n) is 5.01. The summed E-state index contributed by atoms with van der Waals surface area (Å²) in [5.74, 6) is 1.91. The maximum Gasteiger partial charge on any atom is 0.192 e. The van der Waals surface area contributed by atoms with Gasteiger partial charge in [0.25, 0.3) is 0 Å². The van der Waals surface area contributed by atoms with E-state index in [1.807, 2.05) is 35.1 Å². The molecule has 5 heteroatoms. The lowest BCUT2D eigenvalue weighted by Crippen LogP contribution is -1.94. The third-order valence-corrected chi connectivity index (χ3v) is 2.84. The smallest absolute Gasteiger partial charge is 0.192 e. The van der Waals surface area contributed by atoms with Crippen molar-refractivity contribution in [3.63, 3.8) is 0 Å². The van der Waals surface area contributed by atoms with Crippen LogP contribution in [0.2, 0.25) is 0 Å². The zero-order chi connectivity index (χ0) is 11.5. The Bertz CT molecular complexity index is 468. The Kier molecular flexibility index (Phi) is 3.42. The molecule has 0 atom stereocenters. The van der Waals surface area contributed by atoms with Gasteiger partial charge in [-0.1, -0.05) is 26.0 Å². The Morgan fingerprint density at radius 2 is 2.19 bits per heavy atom. The van der Waals surface area contributed by atoms with Crippen LogP contribution in [0.4, 0.5) is 0 Å². The third kappa shape index (κ3) is 2.04. The molecule has 0 aliphatic carbocycles. The number of halogens is 1. The summed E-state index contributed by atoms with van der Waals surface area (Å²) in [6.45, 7) is 4.27. The molecule has 4 nitrogen and oxygen atoms in total. The number of aromatic nitrogens is 3. The van der Waals surface area contributed by atoms with Crippen LogP contribution in [-0.4, -0.2) is 15.2 Å². The lowest BCUT2D eigenvalue weighted by molar-refractivity contribution is 0.686. The molecule has 2 aromatic rings. The highest BCUT2D eigenvalue weighted by Gasteiger charge is 2.15. The van der Waals surface area contributed by atoms with Crippen LogP contribution in [-0.2, 0) is 0 Å². The number of hydrogen-bond acceptors (Lipinski definition) is 3. The number of rotatable bonds is 3. The van der Waals surface area contributed by atoms with Gasteiger partial charge < -0.3 is 3.07 Å². The average molecular weight is 329 g/mol. The van der Waals surface area contributed by atoms with Crippen LogP contribution < -0.4 is 3.07 Å². The van der Waals surface area contributed by atoms with E-state index in [0.717, 1.165) is 16.9 Å². The van der Waals surface area contributed by atoms with Gasteiger partial charge in [-0.3, -0.25) is 5.10 Å². The lowest BCUT2D eigenvalue weighted by atomic mass is 9.99. The van der Waals surface area contributed by atoms with E-state index in [-0.39, 0.29) is 0 Å². The Labute approximate surface area is 108 Å². The van der Waals surface area contributed by atoms with Crippen LogP contribution in [0, 0.1) is 0 Å². The molecule has 1 aromatic carbocycles. The van der Waals surface area contributed by atoms with Crippen molar-refractivity contribution < 1.29 is 3.07 Å². The molecule has 0 aliphatic rings. The van der Waals surface area contributed by atoms with Crippen LogP contribution in [0.15, 0.2) is 24.5 Å². The number of aromatic amines is 1. The minimum Gasteiger partial charge on any atom is -0.427 e. The van der Waals surface area contributed by atoms with Crippen LogP contribution in [0.1, 0.15) is 25.3 Å². The Hall–Kier alpha value is -1.11. The van der Waals surface area contributed by atoms with Gasteiger partial charge in [0, 0.05) is 0 Å². The molecular formula is C11H12IN3O. The maximum atomic E-state index is 5.44. The van der Waals surface area contributed by atoms with Crippen molar-refractivity contribution in [2.45, 2.75) is 19.8 Å². The van der Waals surface area contributed by atoms with Crippen LogP contribution in [0.3, 0.4) is 0 Å². The molecule has 0 saturated carbocycles. The second-order valence-electron chi connectivity index (χ2n) is 3.78. The second kappa shape index (κ2) is 4.82. The number of nitrogens with zero attached hydrogens (tertiary/aromatic N) is 2. The predicted molar refractivity (Wildman–Crippen MR) is 70.6 cm³/mol. The van der Waals surface area contributed by atoms with E-state index < -0.39 is 0 Å². The van der Waals surface area contributed by atoms with Gasteiger partial charge in [0.1, 0.15) is 12.1 Å². The standard InChI is InChI=1S/C11H12IN3O/c1-7(2)8-4-3-5-9(10(8)16-12)11-13-6-14-15-11/h3-7H,1-2H3,(H,13,14,15). The van der Waals surface area contributed by atoms with Crippen molar-refractivity contribution in [2.24, 2.45) is 0 Å². The topological polar surface area (TPSA) is 50.8 Å². The zero-order valence-electron chi connectivity index (χ0n) is 9.07. The van der Waals surface area contributed by atoms with Crippen molar-refractivity contribution in [3.05, 3.63) is 30.1 Å². The summed E-state index contributed by atoms with van der Waals surface area (Å²) in [6.07, 6.45) is 1.56. The highest BCUT2D eigenvalue weighted by molar-refractivity contribution is 14.1. The van der Waals surface area contributed by atoms with Crippen molar-refractivity contribution in [1.82, 2.24) is 15.2 Å². The molecule has 0 radical (unpaired) electrons. The van der Waals surface area contributed by atoms with Gasteiger partial charge in [-0.2, -0.15) is 5.10 Å². The van der Waals surface area contributed by atoms with Crippen molar-refractivity contribution in [3.8, 4) is 17.1 Å². The van der Waals surface area contributed by atoms with E-state index in [0.29, 0.717) is 11.7 Å². The fourth-order valence-corrected chi connectivity index (χ4v) is 2.10.